The molecular weight excluding hydrogens is 263 g/mol. The van der Waals surface area contributed by atoms with Crippen molar-refractivity contribution in [3.05, 3.63) is 41.8 Å². The lowest BCUT2D eigenvalue weighted by molar-refractivity contribution is 0.250. The minimum atomic E-state index is -0.179. The fourth-order valence-electron chi connectivity index (χ4n) is 3.69. The number of benzene rings is 1. The van der Waals surface area contributed by atoms with Crippen LogP contribution in [0.2, 0.25) is 0 Å². The molecule has 1 saturated carbocycles. The third kappa shape index (κ3) is 2.93. The van der Waals surface area contributed by atoms with Crippen molar-refractivity contribution in [2.24, 2.45) is 17.6 Å². The Hall–Kier alpha value is -1.48. The number of hydrogen-bond donors (Lipinski definition) is 1. The highest BCUT2D eigenvalue weighted by Crippen LogP contribution is 2.40. The van der Waals surface area contributed by atoms with Gasteiger partial charge in [-0.05, 0) is 79.8 Å². The number of hydrogen-bond acceptors (Lipinski definition) is 2. The highest BCUT2D eigenvalue weighted by atomic mass is 19.1. The molecule has 0 radical (unpaired) electrons. The molecule has 0 spiro atoms. The second-order valence-electron chi connectivity index (χ2n) is 6.39. The molecule has 0 unspecified atom stereocenters. The molecule has 2 aromatic rings. The van der Waals surface area contributed by atoms with Gasteiger partial charge in [0.1, 0.15) is 5.82 Å². The van der Waals surface area contributed by atoms with Gasteiger partial charge in [0.25, 0.3) is 0 Å². The summed E-state index contributed by atoms with van der Waals surface area (Å²) in [6, 6.07) is 6.96. The van der Waals surface area contributed by atoms with Crippen LogP contribution >= 0.6 is 0 Å². The van der Waals surface area contributed by atoms with Gasteiger partial charge in [-0.25, -0.2) is 4.39 Å². The van der Waals surface area contributed by atoms with Crippen molar-refractivity contribution in [1.82, 2.24) is 4.98 Å². The Morgan fingerprint density at radius 3 is 2.71 bits per heavy atom. The van der Waals surface area contributed by atoms with Crippen LogP contribution in [0.25, 0.3) is 10.9 Å². The Morgan fingerprint density at radius 1 is 1.24 bits per heavy atom. The minimum Gasteiger partial charge on any atom is -0.330 e. The summed E-state index contributed by atoms with van der Waals surface area (Å²) in [5, 5.41) is 0.979. The molecule has 0 aliphatic heterocycles. The maximum atomic E-state index is 13.6. The van der Waals surface area contributed by atoms with E-state index in [-0.39, 0.29) is 5.82 Å². The van der Waals surface area contributed by atoms with Crippen LogP contribution in [-0.4, -0.2) is 11.5 Å². The molecule has 1 heterocycles. The number of aromatic nitrogens is 1. The number of halogens is 1. The van der Waals surface area contributed by atoms with E-state index >= 15 is 0 Å². The monoisotopic (exact) mass is 286 g/mol. The van der Waals surface area contributed by atoms with Crippen molar-refractivity contribution < 1.29 is 4.39 Å². The fourth-order valence-corrected chi connectivity index (χ4v) is 3.69. The molecule has 1 aliphatic rings. The lowest BCUT2D eigenvalue weighted by atomic mass is 9.74. The van der Waals surface area contributed by atoms with E-state index in [1.54, 1.807) is 12.1 Å². The first-order chi connectivity index (χ1) is 10.2. The van der Waals surface area contributed by atoms with E-state index in [0.717, 1.165) is 23.4 Å². The highest BCUT2D eigenvalue weighted by Gasteiger charge is 2.26. The number of pyridine rings is 1. The van der Waals surface area contributed by atoms with Crippen LogP contribution in [0.15, 0.2) is 30.5 Å². The van der Waals surface area contributed by atoms with Crippen LogP contribution in [0.1, 0.15) is 44.1 Å². The predicted molar refractivity (Wildman–Crippen MR) is 84.6 cm³/mol. The molecule has 1 aliphatic carbocycles. The van der Waals surface area contributed by atoms with E-state index in [0.29, 0.717) is 11.8 Å². The van der Waals surface area contributed by atoms with E-state index in [2.05, 4.69) is 18.0 Å². The van der Waals surface area contributed by atoms with Gasteiger partial charge in [0.15, 0.2) is 0 Å². The van der Waals surface area contributed by atoms with E-state index < -0.39 is 0 Å². The molecule has 2 nitrogen and oxygen atoms in total. The highest BCUT2D eigenvalue weighted by molar-refractivity contribution is 5.82. The molecular formula is C18H23FN2. The van der Waals surface area contributed by atoms with Crippen molar-refractivity contribution in [3.63, 3.8) is 0 Å². The summed E-state index contributed by atoms with van der Waals surface area (Å²) < 4.78 is 13.6. The minimum absolute atomic E-state index is 0.179. The second kappa shape index (κ2) is 6.10. The van der Waals surface area contributed by atoms with Crippen molar-refractivity contribution >= 4 is 10.9 Å². The van der Waals surface area contributed by atoms with Crippen LogP contribution in [0.4, 0.5) is 4.39 Å². The van der Waals surface area contributed by atoms with Gasteiger partial charge in [0.2, 0.25) is 0 Å². The van der Waals surface area contributed by atoms with Crippen molar-refractivity contribution in [2.75, 3.05) is 6.54 Å². The average Bonchev–Trinajstić information content (AvgIpc) is 2.53. The molecule has 1 aromatic carbocycles. The first-order valence-electron chi connectivity index (χ1n) is 7.93. The van der Waals surface area contributed by atoms with Crippen LogP contribution < -0.4 is 5.73 Å². The summed E-state index contributed by atoms with van der Waals surface area (Å²) in [6.45, 7) is 3.03. The maximum Gasteiger partial charge on any atom is 0.123 e. The molecule has 2 N–H and O–H groups in total. The average molecular weight is 286 g/mol. The molecule has 112 valence electrons. The quantitative estimate of drug-likeness (QED) is 0.916. The van der Waals surface area contributed by atoms with Gasteiger partial charge < -0.3 is 5.73 Å². The fraction of sp³-hybridized carbons (Fsp3) is 0.500. The normalized spacial score (nSPS) is 24.1. The standard InChI is InChI=1S/C18H23FN2/c1-12(11-20)13-2-4-14(5-3-13)16-8-9-21-18-7-6-15(19)10-17(16)18/h6-10,12-14H,2-5,11,20H2,1H3/t12-,13?,14?/m0/s1. The summed E-state index contributed by atoms with van der Waals surface area (Å²) in [5.41, 5.74) is 7.95. The molecule has 0 bridgehead atoms. The van der Waals surface area contributed by atoms with Gasteiger partial charge in [-0.3, -0.25) is 4.98 Å². The number of nitrogens with zero attached hydrogens (tertiary/aromatic N) is 1. The molecule has 1 aromatic heterocycles. The van der Waals surface area contributed by atoms with Crippen LogP contribution in [0, 0.1) is 17.7 Å². The molecule has 1 fully saturated rings. The summed E-state index contributed by atoms with van der Waals surface area (Å²) in [4.78, 5) is 4.35. The summed E-state index contributed by atoms with van der Waals surface area (Å²) in [7, 11) is 0. The first kappa shape index (κ1) is 14.5. The van der Waals surface area contributed by atoms with E-state index in [1.165, 1.54) is 37.3 Å². The van der Waals surface area contributed by atoms with Gasteiger partial charge in [0, 0.05) is 11.6 Å². The predicted octanol–water partition coefficient (Wildman–Crippen LogP) is 4.24. The molecule has 21 heavy (non-hydrogen) atoms. The maximum absolute atomic E-state index is 13.6. The van der Waals surface area contributed by atoms with E-state index in [1.807, 2.05) is 6.20 Å². The third-order valence-corrected chi connectivity index (χ3v) is 5.13. The zero-order valence-corrected chi connectivity index (χ0v) is 12.6. The summed E-state index contributed by atoms with van der Waals surface area (Å²) in [5.74, 6) is 1.70. The van der Waals surface area contributed by atoms with Crippen molar-refractivity contribution in [3.8, 4) is 0 Å². The smallest absolute Gasteiger partial charge is 0.123 e. The molecule has 3 heteroatoms. The lowest BCUT2D eigenvalue weighted by Gasteiger charge is -2.32. The second-order valence-corrected chi connectivity index (χ2v) is 6.39. The van der Waals surface area contributed by atoms with Crippen molar-refractivity contribution in [2.45, 2.75) is 38.5 Å². The van der Waals surface area contributed by atoms with Gasteiger partial charge in [-0.2, -0.15) is 0 Å². The van der Waals surface area contributed by atoms with E-state index in [4.69, 9.17) is 5.73 Å². The van der Waals surface area contributed by atoms with E-state index in [9.17, 15) is 4.39 Å². The van der Waals surface area contributed by atoms with Crippen LogP contribution in [-0.2, 0) is 0 Å². The summed E-state index contributed by atoms with van der Waals surface area (Å²) >= 11 is 0. The Bertz CT molecular complexity index is 618. The van der Waals surface area contributed by atoms with Gasteiger partial charge >= 0.3 is 0 Å². The van der Waals surface area contributed by atoms with Gasteiger partial charge in [-0.15, -0.1) is 0 Å². The SMILES string of the molecule is C[C@@H](CN)C1CCC(c2ccnc3ccc(F)cc23)CC1. The largest absolute Gasteiger partial charge is 0.330 e. The molecule has 1 atom stereocenters. The topological polar surface area (TPSA) is 38.9 Å². The first-order valence-corrected chi connectivity index (χ1v) is 7.93. The third-order valence-electron chi connectivity index (χ3n) is 5.13. The Balaban J connectivity index is 1.84. The zero-order valence-electron chi connectivity index (χ0n) is 12.6. The van der Waals surface area contributed by atoms with Gasteiger partial charge in [0.05, 0.1) is 5.52 Å². The number of fused-ring (bicyclic) bond motifs is 1. The Kier molecular flexibility index (Phi) is 4.20. The Morgan fingerprint density at radius 2 is 2.00 bits per heavy atom. The van der Waals surface area contributed by atoms with Crippen LogP contribution in [0.3, 0.4) is 0 Å². The molecule has 0 saturated heterocycles. The summed E-state index contributed by atoms with van der Waals surface area (Å²) in [6.07, 6.45) is 6.64. The Labute approximate surface area is 125 Å². The van der Waals surface area contributed by atoms with Crippen LogP contribution in [0.5, 0.6) is 0 Å². The molecule has 0 amide bonds. The van der Waals surface area contributed by atoms with Crippen molar-refractivity contribution in [1.29, 1.82) is 0 Å². The number of rotatable bonds is 3. The van der Waals surface area contributed by atoms with Gasteiger partial charge in [-0.1, -0.05) is 6.92 Å². The number of nitrogens with two attached hydrogens (primary N) is 1. The lowest BCUT2D eigenvalue weighted by Crippen LogP contribution is -2.24. The molecule has 3 rings (SSSR count). The zero-order chi connectivity index (χ0) is 14.8.